The van der Waals surface area contributed by atoms with E-state index in [9.17, 15) is 13.2 Å². The minimum atomic E-state index is -3.62. The fourth-order valence-corrected chi connectivity index (χ4v) is 4.11. The Balaban J connectivity index is 2.13. The van der Waals surface area contributed by atoms with Gasteiger partial charge in [-0.2, -0.15) is 4.31 Å². The van der Waals surface area contributed by atoms with Gasteiger partial charge in [-0.25, -0.2) is 8.42 Å². The van der Waals surface area contributed by atoms with Crippen LogP contribution in [0.4, 0.5) is 0 Å². The van der Waals surface area contributed by atoms with Crippen molar-refractivity contribution >= 4 is 15.9 Å². The summed E-state index contributed by atoms with van der Waals surface area (Å²) in [6, 6.07) is 4.54. The number of carbonyl (C=O) groups is 1. The summed E-state index contributed by atoms with van der Waals surface area (Å²) < 4.78 is 37.3. The van der Waals surface area contributed by atoms with E-state index in [1.165, 1.54) is 30.7 Å². The van der Waals surface area contributed by atoms with Crippen molar-refractivity contribution in [3.63, 3.8) is 0 Å². The predicted molar refractivity (Wildman–Crippen MR) is 89.8 cm³/mol. The Bertz CT molecular complexity index is 682. The lowest BCUT2D eigenvalue weighted by Crippen LogP contribution is -2.50. The summed E-state index contributed by atoms with van der Waals surface area (Å²) in [5, 5.41) is 0. The van der Waals surface area contributed by atoms with Crippen LogP contribution in [0.25, 0.3) is 0 Å². The number of amides is 1. The smallest absolute Gasteiger partial charge is 0.243 e. The van der Waals surface area contributed by atoms with Crippen molar-refractivity contribution in [2.75, 3.05) is 40.4 Å². The molecule has 0 bridgehead atoms. The highest BCUT2D eigenvalue weighted by Crippen LogP contribution is 2.30. The van der Waals surface area contributed by atoms with Crippen molar-refractivity contribution in [1.82, 2.24) is 9.21 Å². The van der Waals surface area contributed by atoms with E-state index in [1.54, 1.807) is 11.0 Å². The second-order valence-electron chi connectivity index (χ2n) is 5.55. The van der Waals surface area contributed by atoms with Gasteiger partial charge < -0.3 is 14.4 Å². The van der Waals surface area contributed by atoms with Gasteiger partial charge in [-0.1, -0.05) is 6.92 Å². The van der Waals surface area contributed by atoms with Gasteiger partial charge in [-0.3, -0.25) is 4.79 Å². The molecule has 1 aliphatic heterocycles. The largest absolute Gasteiger partial charge is 0.493 e. The fraction of sp³-hybridized carbons (Fsp3) is 0.562. The summed E-state index contributed by atoms with van der Waals surface area (Å²) >= 11 is 0. The molecule has 1 aromatic carbocycles. The van der Waals surface area contributed by atoms with E-state index in [0.29, 0.717) is 44.1 Å². The van der Waals surface area contributed by atoms with Crippen LogP contribution in [0.2, 0.25) is 0 Å². The van der Waals surface area contributed by atoms with E-state index < -0.39 is 10.0 Å². The average molecular weight is 356 g/mol. The first kappa shape index (κ1) is 18.5. The van der Waals surface area contributed by atoms with Gasteiger partial charge >= 0.3 is 0 Å². The molecule has 1 aliphatic rings. The maximum absolute atomic E-state index is 12.8. The van der Waals surface area contributed by atoms with Crippen molar-refractivity contribution in [3.8, 4) is 11.5 Å². The number of carbonyl (C=O) groups excluding carboxylic acids is 1. The van der Waals surface area contributed by atoms with Crippen LogP contribution in [-0.4, -0.2) is 63.9 Å². The van der Waals surface area contributed by atoms with Crippen LogP contribution in [-0.2, 0) is 14.8 Å². The summed E-state index contributed by atoms with van der Waals surface area (Å²) in [6.45, 7) is 3.39. The van der Waals surface area contributed by atoms with E-state index in [2.05, 4.69) is 0 Å². The number of rotatable bonds is 6. The third-order valence-electron chi connectivity index (χ3n) is 4.05. The van der Waals surface area contributed by atoms with Crippen molar-refractivity contribution < 1.29 is 22.7 Å². The van der Waals surface area contributed by atoms with Gasteiger partial charge in [0, 0.05) is 38.7 Å². The van der Waals surface area contributed by atoms with Gasteiger partial charge in [0.15, 0.2) is 11.5 Å². The zero-order valence-electron chi connectivity index (χ0n) is 14.3. The van der Waals surface area contributed by atoms with E-state index >= 15 is 0 Å². The minimum Gasteiger partial charge on any atom is -0.493 e. The highest BCUT2D eigenvalue weighted by Gasteiger charge is 2.30. The molecule has 2 rings (SSSR count). The molecule has 0 spiro atoms. The Kier molecular flexibility index (Phi) is 6.06. The first-order valence-corrected chi connectivity index (χ1v) is 9.38. The molecule has 1 saturated heterocycles. The van der Waals surface area contributed by atoms with Crippen molar-refractivity contribution in [2.45, 2.75) is 24.7 Å². The van der Waals surface area contributed by atoms with Crippen LogP contribution in [0, 0.1) is 0 Å². The quantitative estimate of drug-likeness (QED) is 0.769. The van der Waals surface area contributed by atoms with Gasteiger partial charge in [0.1, 0.15) is 0 Å². The Hall–Kier alpha value is -1.80. The normalized spacial score (nSPS) is 16.0. The molecule has 1 heterocycles. The van der Waals surface area contributed by atoms with Crippen molar-refractivity contribution in [1.29, 1.82) is 0 Å². The van der Waals surface area contributed by atoms with E-state index in [1.807, 2.05) is 6.92 Å². The van der Waals surface area contributed by atoms with Crippen molar-refractivity contribution in [3.05, 3.63) is 18.2 Å². The third kappa shape index (κ3) is 3.81. The molecule has 0 radical (unpaired) electrons. The molecule has 1 aromatic rings. The molecule has 0 saturated carbocycles. The van der Waals surface area contributed by atoms with E-state index in [4.69, 9.17) is 9.47 Å². The predicted octanol–water partition coefficient (Wildman–Crippen LogP) is 1.34. The number of piperazine rings is 1. The van der Waals surface area contributed by atoms with Crippen LogP contribution < -0.4 is 9.47 Å². The average Bonchev–Trinajstić information content (AvgIpc) is 2.61. The van der Waals surface area contributed by atoms with Gasteiger partial charge in [-0.15, -0.1) is 0 Å². The highest BCUT2D eigenvalue weighted by atomic mass is 32.2. The second-order valence-corrected chi connectivity index (χ2v) is 7.49. The van der Waals surface area contributed by atoms with Crippen LogP contribution in [0.15, 0.2) is 23.1 Å². The summed E-state index contributed by atoms with van der Waals surface area (Å²) in [7, 11) is -0.658. The molecular weight excluding hydrogens is 332 g/mol. The number of hydrogen-bond acceptors (Lipinski definition) is 5. The molecule has 8 heteroatoms. The summed E-state index contributed by atoms with van der Waals surface area (Å²) in [5.74, 6) is 0.933. The van der Waals surface area contributed by atoms with Crippen LogP contribution in [0.5, 0.6) is 11.5 Å². The second kappa shape index (κ2) is 7.85. The maximum atomic E-state index is 12.8. The Morgan fingerprint density at radius 3 is 2.25 bits per heavy atom. The number of benzene rings is 1. The third-order valence-corrected chi connectivity index (χ3v) is 5.94. The van der Waals surface area contributed by atoms with Gasteiger partial charge in [0.2, 0.25) is 15.9 Å². The van der Waals surface area contributed by atoms with E-state index in [-0.39, 0.29) is 10.8 Å². The molecule has 1 amide bonds. The minimum absolute atomic E-state index is 0.0839. The summed E-state index contributed by atoms with van der Waals surface area (Å²) in [6.07, 6.45) is 1.30. The molecular formula is C16H24N2O5S. The molecule has 0 aromatic heterocycles. The lowest BCUT2D eigenvalue weighted by Gasteiger charge is -2.34. The molecule has 1 fully saturated rings. The van der Waals surface area contributed by atoms with Gasteiger partial charge in [0.05, 0.1) is 19.1 Å². The topological polar surface area (TPSA) is 76.2 Å². The molecule has 0 unspecified atom stereocenters. The molecule has 0 atom stereocenters. The van der Waals surface area contributed by atoms with Crippen molar-refractivity contribution in [2.24, 2.45) is 0 Å². The summed E-state index contributed by atoms with van der Waals surface area (Å²) in [4.78, 5) is 13.8. The maximum Gasteiger partial charge on any atom is 0.243 e. The zero-order chi connectivity index (χ0) is 17.7. The number of nitrogens with zero attached hydrogens (tertiary/aromatic N) is 2. The van der Waals surface area contributed by atoms with E-state index in [0.717, 1.165) is 6.42 Å². The lowest BCUT2D eigenvalue weighted by atomic mass is 10.2. The molecule has 134 valence electrons. The van der Waals surface area contributed by atoms with Crippen LogP contribution in [0.1, 0.15) is 19.8 Å². The monoisotopic (exact) mass is 356 g/mol. The number of methoxy groups -OCH3 is 2. The Morgan fingerprint density at radius 1 is 1.08 bits per heavy atom. The highest BCUT2D eigenvalue weighted by molar-refractivity contribution is 7.89. The molecule has 24 heavy (non-hydrogen) atoms. The van der Waals surface area contributed by atoms with Crippen LogP contribution >= 0.6 is 0 Å². The molecule has 7 nitrogen and oxygen atoms in total. The number of ether oxygens (including phenoxy) is 2. The molecule has 0 N–H and O–H groups in total. The van der Waals surface area contributed by atoms with Gasteiger partial charge in [-0.05, 0) is 18.6 Å². The first-order valence-electron chi connectivity index (χ1n) is 7.94. The zero-order valence-corrected chi connectivity index (χ0v) is 15.1. The van der Waals surface area contributed by atoms with Gasteiger partial charge in [0.25, 0.3) is 0 Å². The Labute approximate surface area is 143 Å². The number of hydrogen-bond donors (Lipinski definition) is 0. The lowest BCUT2D eigenvalue weighted by molar-refractivity contribution is -0.132. The fourth-order valence-electron chi connectivity index (χ4n) is 2.68. The SMILES string of the molecule is CCCC(=O)N1CCN(S(=O)(=O)c2ccc(OC)c(OC)c2)CC1. The molecule has 0 aliphatic carbocycles. The standard InChI is InChI=1S/C16H24N2O5S/c1-4-5-16(19)17-8-10-18(11-9-17)24(20,21)13-6-7-14(22-2)15(12-13)23-3/h6-7,12H,4-5,8-11H2,1-3H3. The number of sulfonamides is 1. The van der Waals surface area contributed by atoms with Crippen LogP contribution in [0.3, 0.4) is 0 Å². The first-order chi connectivity index (χ1) is 11.4. The summed E-state index contributed by atoms with van der Waals surface area (Å²) in [5.41, 5.74) is 0. The Morgan fingerprint density at radius 2 is 1.71 bits per heavy atom.